The molecule has 0 spiro atoms. The predicted octanol–water partition coefficient (Wildman–Crippen LogP) is 3.20. The molecule has 0 saturated carbocycles. The molecule has 6 nitrogen and oxygen atoms in total. The maximum absolute atomic E-state index is 13.3. The van der Waals surface area contributed by atoms with E-state index < -0.39 is 10.0 Å². The van der Waals surface area contributed by atoms with Crippen molar-refractivity contribution in [3.63, 3.8) is 0 Å². The van der Waals surface area contributed by atoms with E-state index in [9.17, 15) is 8.42 Å². The minimum atomic E-state index is -3.79. The van der Waals surface area contributed by atoms with Gasteiger partial charge in [0.25, 0.3) is 10.0 Å². The number of hydrogen-bond acceptors (Lipinski definition) is 5. The van der Waals surface area contributed by atoms with Crippen LogP contribution in [0.15, 0.2) is 46.0 Å². The van der Waals surface area contributed by atoms with Crippen LogP contribution in [-0.4, -0.2) is 42.6 Å². The van der Waals surface area contributed by atoms with E-state index in [1.807, 2.05) is 24.3 Å². The summed E-state index contributed by atoms with van der Waals surface area (Å²) in [6.07, 6.45) is 4.82. The third-order valence-electron chi connectivity index (χ3n) is 4.92. The molecule has 26 heavy (non-hydrogen) atoms. The van der Waals surface area contributed by atoms with E-state index in [0.717, 1.165) is 30.5 Å². The molecule has 0 atom stereocenters. The van der Waals surface area contributed by atoms with Crippen molar-refractivity contribution in [1.29, 1.82) is 0 Å². The van der Waals surface area contributed by atoms with E-state index in [1.165, 1.54) is 9.55 Å². The van der Waals surface area contributed by atoms with Crippen LogP contribution in [-0.2, 0) is 10.0 Å². The Morgan fingerprint density at radius 3 is 2.62 bits per heavy atom. The third kappa shape index (κ3) is 2.59. The van der Waals surface area contributed by atoms with Crippen LogP contribution in [0.4, 0.5) is 0 Å². The Bertz CT molecular complexity index is 1100. The summed E-state index contributed by atoms with van der Waals surface area (Å²) in [5.74, 6) is 0.306. The van der Waals surface area contributed by atoms with Crippen molar-refractivity contribution < 1.29 is 12.9 Å². The summed E-state index contributed by atoms with van der Waals surface area (Å²) in [5, 5.41) is 4.75. The maximum Gasteiger partial charge on any atom is 0.273 e. The number of likely N-dealkylation sites (N-methyl/N-ethyl adjacent to an activating group) is 1. The fourth-order valence-electron chi connectivity index (χ4n) is 3.56. The second kappa shape index (κ2) is 6.10. The van der Waals surface area contributed by atoms with Crippen molar-refractivity contribution in [2.45, 2.75) is 25.2 Å². The van der Waals surface area contributed by atoms with Crippen LogP contribution in [0.1, 0.15) is 23.4 Å². The second-order valence-corrected chi connectivity index (χ2v) is 8.51. The largest absolute Gasteiger partial charge is 0.360 e. The number of para-hydroxylation sites is 1. The van der Waals surface area contributed by atoms with Gasteiger partial charge in [0.15, 0.2) is 10.7 Å². The first-order chi connectivity index (χ1) is 12.4. The standard InChI is InChI=1S/C19H21N3O3S/c1-13-19(14(2)25-20-13)26(23,24)22-12-17(15-8-10-21(3)11-9-15)16-6-4-5-7-18(16)22/h4-8,12H,9-11H2,1-3H3. The number of benzene rings is 1. The lowest BCUT2D eigenvalue weighted by atomic mass is 9.99. The van der Waals surface area contributed by atoms with Crippen LogP contribution in [0.5, 0.6) is 0 Å². The van der Waals surface area contributed by atoms with E-state index in [4.69, 9.17) is 4.52 Å². The maximum atomic E-state index is 13.3. The summed E-state index contributed by atoms with van der Waals surface area (Å²) in [6.45, 7) is 5.10. The van der Waals surface area contributed by atoms with E-state index >= 15 is 0 Å². The highest BCUT2D eigenvalue weighted by Gasteiger charge is 2.28. The minimum absolute atomic E-state index is 0.141. The molecule has 0 unspecified atom stereocenters. The van der Waals surface area contributed by atoms with Crippen LogP contribution in [0.25, 0.3) is 16.5 Å². The molecule has 1 aromatic carbocycles. The molecule has 0 fully saturated rings. The SMILES string of the molecule is Cc1noc(C)c1S(=O)(=O)n1cc(C2=CCN(C)CC2)c2ccccc21. The topological polar surface area (TPSA) is 68.3 Å². The third-order valence-corrected chi connectivity index (χ3v) is 6.84. The first kappa shape index (κ1) is 17.1. The lowest BCUT2D eigenvalue weighted by Crippen LogP contribution is -2.23. The fourth-order valence-corrected chi connectivity index (χ4v) is 5.23. The summed E-state index contributed by atoms with van der Waals surface area (Å²) in [4.78, 5) is 2.38. The van der Waals surface area contributed by atoms with Crippen molar-refractivity contribution in [3.05, 3.63) is 53.6 Å². The summed E-state index contributed by atoms with van der Waals surface area (Å²) in [5.41, 5.74) is 3.21. The van der Waals surface area contributed by atoms with Gasteiger partial charge < -0.3 is 9.42 Å². The lowest BCUT2D eigenvalue weighted by Gasteiger charge is -2.21. The van der Waals surface area contributed by atoms with Crippen LogP contribution in [0.2, 0.25) is 0 Å². The first-order valence-corrected chi connectivity index (χ1v) is 10.00. The molecule has 0 amide bonds. The average molecular weight is 371 g/mol. The fraction of sp³-hybridized carbons (Fsp3) is 0.316. The highest BCUT2D eigenvalue weighted by Crippen LogP contribution is 2.34. The summed E-state index contributed by atoms with van der Waals surface area (Å²) < 4.78 is 33.1. The molecule has 3 aromatic rings. The highest BCUT2D eigenvalue weighted by atomic mass is 32.2. The van der Waals surface area contributed by atoms with Crippen molar-refractivity contribution in [2.24, 2.45) is 0 Å². The molecule has 4 rings (SSSR count). The van der Waals surface area contributed by atoms with Gasteiger partial charge in [-0.25, -0.2) is 12.4 Å². The van der Waals surface area contributed by atoms with Crippen molar-refractivity contribution in [3.8, 4) is 0 Å². The summed E-state index contributed by atoms with van der Waals surface area (Å²) >= 11 is 0. The number of aryl methyl sites for hydroxylation is 2. The molecule has 136 valence electrons. The quantitative estimate of drug-likeness (QED) is 0.707. The van der Waals surface area contributed by atoms with Gasteiger partial charge in [0, 0.05) is 30.2 Å². The van der Waals surface area contributed by atoms with Gasteiger partial charge in [-0.05, 0) is 39.0 Å². The monoisotopic (exact) mass is 371 g/mol. The zero-order valence-electron chi connectivity index (χ0n) is 15.1. The van der Waals surface area contributed by atoms with E-state index in [0.29, 0.717) is 17.0 Å². The van der Waals surface area contributed by atoms with Crippen molar-refractivity contribution >= 4 is 26.5 Å². The van der Waals surface area contributed by atoms with Crippen molar-refractivity contribution in [2.75, 3.05) is 20.1 Å². The van der Waals surface area contributed by atoms with Crippen LogP contribution in [0.3, 0.4) is 0 Å². The van der Waals surface area contributed by atoms with Crippen LogP contribution < -0.4 is 0 Å². The Morgan fingerprint density at radius 1 is 1.19 bits per heavy atom. The Labute approximate surface area is 152 Å². The summed E-state index contributed by atoms with van der Waals surface area (Å²) in [6, 6.07) is 7.61. The van der Waals surface area contributed by atoms with Gasteiger partial charge in [-0.3, -0.25) is 0 Å². The average Bonchev–Trinajstić information content (AvgIpc) is 3.17. The van der Waals surface area contributed by atoms with Gasteiger partial charge in [-0.1, -0.05) is 29.4 Å². The van der Waals surface area contributed by atoms with Gasteiger partial charge in [0.2, 0.25) is 0 Å². The zero-order chi connectivity index (χ0) is 18.5. The second-order valence-electron chi connectivity index (χ2n) is 6.76. The number of nitrogens with zero attached hydrogens (tertiary/aromatic N) is 3. The highest BCUT2D eigenvalue weighted by molar-refractivity contribution is 7.90. The molecule has 2 aromatic heterocycles. The Morgan fingerprint density at radius 2 is 1.96 bits per heavy atom. The van der Waals surface area contributed by atoms with Gasteiger partial charge in [0.05, 0.1) is 5.52 Å². The molecule has 1 aliphatic heterocycles. The molecule has 0 N–H and O–H groups in total. The number of aromatic nitrogens is 2. The molecule has 0 bridgehead atoms. The Hall–Kier alpha value is -2.38. The normalized spacial score (nSPS) is 16.2. The molecular formula is C19H21N3O3S. The van der Waals surface area contributed by atoms with Crippen LogP contribution in [0, 0.1) is 13.8 Å². The van der Waals surface area contributed by atoms with E-state index in [2.05, 4.69) is 23.2 Å². The van der Waals surface area contributed by atoms with Gasteiger partial charge in [-0.2, -0.15) is 0 Å². The molecule has 0 saturated heterocycles. The van der Waals surface area contributed by atoms with E-state index in [-0.39, 0.29) is 4.90 Å². The first-order valence-electron chi connectivity index (χ1n) is 8.56. The molecule has 1 aliphatic rings. The Balaban J connectivity index is 1.95. The van der Waals surface area contributed by atoms with Gasteiger partial charge in [0.1, 0.15) is 5.69 Å². The lowest BCUT2D eigenvalue weighted by molar-refractivity contribution is 0.370. The van der Waals surface area contributed by atoms with E-state index in [1.54, 1.807) is 20.0 Å². The minimum Gasteiger partial charge on any atom is -0.360 e. The number of fused-ring (bicyclic) bond motifs is 1. The molecular weight excluding hydrogens is 350 g/mol. The zero-order valence-corrected chi connectivity index (χ0v) is 15.9. The molecule has 3 heterocycles. The van der Waals surface area contributed by atoms with Crippen molar-refractivity contribution in [1.82, 2.24) is 14.0 Å². The summed E-state index contributed by atoms with van der Waals surface area (Å²) in [7, 11) is -1.71. The predicted molar refractivity (Wildman–Crippen MR) is 101 cm³/mol. The Kier molecular flexibility index (Phi) is 4.00. The molecule has 0 radical (unpaired) electrons. The van der Waals surface area contributed by atoms with Gasteiger partial charge in [-0.15, -0.1) is 0 Å². The number of rotatable bonds is 3. The molecule has 0 aliphatic carbocycles. The number of hydrogen-bond donors (Lipinski definition) is 0. The van der Waals surface area contributed by atoms with Gasteiger partial charge >= 0.3 is 0 Å². The molecule has 7 heteroatoms. The van der Waals surface area contributed by atoms with Crippen LogP contribution >= 0.6 is 0 Å². The smallest absolute Gasteiger partial charge is 0.273 e.